The molecule has 0 saturated carbocycles. The van der Waals surface area contributed by atoms with Crippen LogP contribution in [0.4, 0.5) is 0 Å². The number of rotatable bonds is 6. The lowest BCUT2D eigenvalue weighted by molar-refractivity contribution is -0.129. The number of nitrogens with two attached hydrogens (primary N) is 1. The van der Waals surface area contributed by atoms with Gasteiger partial charge in [-0.05, 0) is 24.6 Å². The maximum atomic E-state index is 12.2. The third kappa shape index (κ3) is 4.01. The van der Waals surface area contributed by atoms with Gasteiger partial charge in [0.2, 0.25) is 5.91 Å². The highest BCUT2D eigenvalue weighted by Gasteiger charge is 2.19. The summed E-state index contributed by atoms with van der Waals surface area (Å²) in [5.74, 6) is 1.00. The molecule has 21 heavy (non-hydrogen) atoms. The summed E-state index contributed by atoms with van der Waals surface area (Å²) < 4.78 is 10.3. The van der Waals surface area contributed by atoms with Crippen molar-refractivity contribution in [3.8, 4) is 11.5 Å². The van der Waals surface area contributed by atoms with Crippen LogP contribution in [0, 0.1) is 0 Å². The van der Waals surface area contributed by atoms with Gasteiger partial charge in [-0.1, -0.05) is 11.2 Å². The molecule has 1 rings (SSSR count). The summed E-state index contributed by atoms with van der Waals surface area (Å²) in [4.78, 5) is 13.6. The van der Waals surface area contributed by atoms with E-state index in [0.717, 1.165) is 5.56 Å². The molecule has 0 fully saturated rings. The minimum Gasteiger partial charge on any atom is -0.493 e. The molecule has 1 atom stereocenters. The van der Waals surface area contributed by atoms with E-state index in [2.05, 4.69) is 5.16 Å². The van der Waals surface area contributed by atoms with Crippen LogP contribution in [0.1, 0.15) is 12.5 Å². The van der Waals surface area contributed by atoms with Crippen LogP contribution in [0.15, 0.2) is 23.4 Å². The van der Waals surface area contributed by atoms with Crippen LogP contribution in [-0.2, 0) is 11.2 Å². The summed E-state index contributed by atoms with van der Waals surface area (Å²) in [6, 6.07) is 4.80. The van der Waals surface area contributed by atoms with E-state index in [9.17, 15) is 4.79 Å². The van der Waals surface area contributed by atoms with Gasteiger partial charge in [-0.15, -0.1) is 0 Å². The zero-order valence-electron chi connectivity index (χ0n) is 12.7. The average Bonchev–Trinajstić information content (AvgIpc) is 2.52. The van der Waals surface area contributed by atoms with Crippen LogP contribution in [0.2, 0.25) is 0 Å². The molecule has 0 aliphatic heterocycles. The summed E-state index contributed by atoms with van der Waals surface area (Å²) in [6.07, 6.45) is 0.180. The van der Waals surface area contributed by atoms with E-state index in [1.54, 1.807) is 39.3 Å². The number of hydrogen-bond donors (Lipinski definition) is 2. The summed E-state index contributed by atoms with van der Waals surface area (Å²) in [6.45, 7) is 1.68. The number of hydrogen-bond acceptors (Lipinski definition) is 5. The molecule has 0 bridgehead atoms. The minimum atomic E-state index is -0.484. The highest BCUT2D eigenvalue weighted by molar-refractivity contribution is 5.90. The van der Waals surface area contributed by atoms with Gasteiger partial charge >= 0.3 is 0 Å². The molecule has 0 saturated heterocycles. The molecule has 1 amide bonds. The number of carbonyl (C=O) groups is 1. The first-order chi connectivity index (χ1) is 9.94. The van der Waals surface area contributed by atoms with Crippen LogP contribution in [0.25, 0.3) is 0 Å². The van der Waals surface area contributed by atoms with Crippen molar-refractivity contribution in [1.29, 1.82) is 0 Å². The van der Waals surface area contributed by atoms with E-state index in [-0.39, 0.29) is 18.2 Å². The third-order valence-electron chi connectivity index (χ3n) is 3.32. The Balaban J connectivity index is 2.83. The Morgan fingerprint density at radius 3 is 2.52 bits per heavy atom. The molecular weight excluding hydrogens is 274 g/mol. The van der Waals surface area contributed by atoms with E-state index >= 15 is 0 Å². The highest BCUT2D eigenvalue weighted by atomic mass is 16.5. The zero-order chi connectivity index (χ0) is 16.0. The van der Waals surface area contributed by atoms with Crippen LogP contribution >= 0.6 is 0 Å². The van der Waals surface area contributed by atoms with Gasteiger partial charge in [-0.25, -0.2) is 0 Å². The molecule has 1 aromatic carbocycles. The van der Waals surface area contributed by atoms with Crippen LogP contribution < -0.4 is 15.2 Å². The second kappa shape index (κ2) is 7.37. The normalized spacial score (nSPS) is 12.7. The average molecular weight is 295 g/mol. The number of amidine groups is 1. The molecule has 0 aliphatic rings. The molecule has 1 aromatic rings. The molecule has 0 aromatic heterocycles. The van der Waals surface area contributed by atoms with E-state index in [0.29, 0.717) is 11.5 Å². The number of methoxy groups -OCH3 is 2. The summed E-state index contributed by atoms with van der Waals surface area (Å²) >= 11 is 0. The lowest BCUT2D eigenvalue weighted by Gasteiger charge is -2.24. The molecule has 0 spiro atoms. The summed E-state index contributed by atoms with van der Waals surface area (Å²) in [5.41, 5.74) is 6.29. The van der Waals surface area contributed by atoms with Crippen molar-refractivity contribution in [2.24, 2.45) is 10.9 Å². The van der Waals surface area contributed by atoms with Crippen molar-refractivity contribution in [1.82, 2.24) is 4.90 Å². The number of amides is 1. The molecule has 3 N–H and O–H groups in total. The van der Waals surface area contributed by atoms with Gasteiger partial charge in [-0.3, -0.25) is 4.79 Å². The predicted molar refractivity (Wildman–Crippen MR) is 78.9 cm³/mol. The first-order valence-electron chi connectivity index (χ1n) is 6.38. The predicted octanol–water partition coefficient (Wildman–Crippen LogP) is 0.840. The molecule has 7 heteroatoms. The fourth-order valence-corrected chi connectivity index (χ4v) is 1.79. The Bertz CT molecular complexity index is 531. The van der Waals surface area contributed by atoms with E-state index in [1.807, 2.05) is 0 Å². The van der Waals surface area contributed by atoms with E-state index in [4.69, 9.17) is 20.4 Å². The van der Waals surface area contributed by atoms with Crippen molar-refractivity contribution in [3.05, 3.63) is 23.8 Å². The number of benzene rings is 1. The molecular formula is C14H21N3O4. The SMILES string of the molecule is COc1ccc(CC(=O)N(C)C(C)C(N)=NO)cc1OC. The summed E-state index contributed by atoms with van der Waals surface area (Å²) in [5, 5.41) is 11.6. The second-order valence-electron chi connectivity index (χ2n) is 4.57. The number of carbonyl (C=O) groups excluding carboxylic acids is 1. The fraction of sp³-hybridized carbons (Fsp3) is 0.429. The van der Waals surface area contributed by atoms with E-state index in [1.165, 1.54) is 12.0 Å². The number of ether oxygens (including phenoxy) is 2. The third-order valence-corrected chi connectivity index (χ3v) is 3.32. The minimum absolute atomic E-state index is 0.0156. The molecule has 116 valence electrons. The Morgan fingerprint density at radius 1 is 1.38 bits per heavy atom. The van der Waals surface area contributed by atoms with Crippen LogP contribution in [-0.4, -0.2) is 49.2 Å². The first-order valence-corrected chi connectivity index (χ1v) is 6.38. The van der Waals surface area contributed by atoms with E-state index < -0.39 is 6.04 Å². The summed E-state index contributed by atoms with van der Waals surface area (Å²) in [7, 11) is 4.69. The lowest BCUT2D eigenvalue weighted by Crippen LogP contribution is -2.44. The first kappa shape index (κ1) is 16.6. The van der Waals surface area contributed by atoms with Gasteiger partial charge in [0.25, 0.3) is 0 Å². The lowest BCUT2D eigenvalue weighted by atomic mass is 10.1. The topological polar surface area (TPSA) is 97.4 Å². The molecule has 1 unspecified atom stereocenters. The highest BCUT2D eigenvalue weighted by Crippen LogP contribution is 2.27. The smallest absolute Gasteiger partial charge is 0.227 e. The number of oxime groups is 1. The van der Waals surface area contributed by atoms with Crippen LogP contribution in [0.5, 0.6) is 11.5 Å². The van der Waals surface area contributed by atoms with Gasteiger partial charge in [0.05, 0.1) is 26.7 Å². The number of nitrogens with zero attached hydrogens (tertiary/aromatic N) is 2. The Morgan fingerprint density at radius 2 is 2.00 bits per heavy atom. The fourth-order valence-electron chi connectivity index (χ4n) is 1.79. The monoisotopic (exact) mass is 295 g/mol. The molecule has 0 aliphatic carbocycles. The molecule has 0 heterocycles. The van der Waals surface area contributed by atoms with Crippen molar-refractivity contribution in [2.75, 3.05) is 21.3 Å². The number of likely N-dealkylation sites (N-methyl/N-ethyl adjacent to an activating group) is 1. The van der Waals surface area contributed by atoms with Gasteiger partial charge in [0.1, 0.15) is 0 Å². The standard InChI is InChI=1S/C14H21N3O4/c1-9(14(15)16-19)17(2)13(18)8-10-5-6-11(20-3)12(7-10)21-4/h5-7,9,19H,8H2,1-4H3,(H2,15,16). The van der Waals surface area contributed by atoms with Crippen molar-refractivity contribution in [2.45, 2.75) is 19.4 Å². The Hall–Kier alpha value is -2.44. The van der Waals surface area contributed by atoms with Crippen LogP contribution in [0.3, 0.4) is 0 Å². The van der Waals surface area contributed by atoms with Gasteiger partial charge in [-0.2, -0.15) is 0 Å². The van der Waals surface area contributed by atoms with Gasteiger partial charge < -0.3 is 25.3 Å². The molecule has 7 nitrogen and oxygen atoms in total. The zero-order valence-corrected chi connectivity index (χ0v) is 12.7. The maximum absolute atomic E-state index is 12.2. The maximum Gasteiger partial charge on any atom is 0.227 e. The van der Waals surface area contributed by atoms with Crippen molar-refractivity contribution in [3.63, 3.8) is 0 Å². The Kier molecular flexibility index (Phi) is 5.83. The van der Waals surface area contributed by atoms with Crippen molar-refractivity contribution < 1.29 is 19.5 Å². The second-order valence-corrected chi connectivity index (χ2v) is 4.57. The molecule has 0 radical (unpaired) electrons. The van der Waals surface area contributed by atoms with Crippen molar-refractivity contribution >= 4 is 11.7 Å². The quantitative estimate of drug-likeness (QED) is 0.351. The van der Waals surface area contributed by atoms with Gasteiger partial charge in [0, 0.05) is 7.05 Å². The largest absolute Gasteiger partial charge is 0.493 e. The van der Waals surface area contributed by atoms with Gasteiger partial charge in [0.15, 0.2) is 17.3 Å². The Labute approximate surface area is 123 Å².